The lowest BCUT2D eigenvalue weighted by Crippen LogP contribution is -2.51. The number of carbonyl (C=O) groups excluding carboxylic acids is 1. The Hall–Kier alpha value is -1.96. The van der Waals surface area contributed by atoms with Gasteiger partial charge in [0.2, 0.25) is 0 Å². The van der Waals surface area contributed by atoms with E-state index in [9.17, 15) is 4.79 Å². The number of urea groups is 1. The van der Waals surface area contributed by atoms with Gasteiger partial charge in [0.05, 0.1) is 10.7 Å². The van der Waals surface area contributed by atoms with Crippen LogP contribution in [0.1, 0.15) is 16.3 Å². The molecule has 2 aromatic heterocycles. The number of aromatic nitrogens is 1. The number of amides is 2. The van der Waals surface area contributed by atoms with Gasteiger partial charge in [-0.05, 0) is 35.7 Å². The average Bonchev–Trinajstić information content (AvgIpc) is 3.28. The summed E-state index contributed by atoms with van der Waals surface area (Å²) in [6.07, 6.45) is 0.874. The normalized spacial score (nSPS) is 15.4. The molecule has 0 atom stereocenters. The number of hydrogen-bond donors (Lipinski definition) is 1. The molecule has 27 heavy (non-hydrogen) atoms. The van der Waals surface area contributed by atoms with E-state index < -0.39 is 0 Å². The fourth-order valence-corrected chi connectivity index (χ4v) is 5.06. The van der Waals surface area contributed by atoms with Gasteiger partial charge in [0.25, 0.3) is 0 Å². The Bertz CT molecular complexity index is 911. The standard InChI is InChI=1S/C20H24N4OS2/c1-15-22-17(14-26-15)12-23-8-10-24(11-9-23)20(25)21-7-6-16-13-27-19-5-3-2-4-18(16)19/h2-5,13-14H,6-12H2,1H3,(H,21,25). The number of nitrogens with one attached hydrogen (secondary N) is 1. The first-order valence-corrected chi connectivity index (χ1v) is 11.1. The number of rotatable bonds is 5. The summed E-state index contributed by atoms with van der Waals surface area (Å²) in [6, 6.07) is 8.50. The number of thiazole rings is 1. The quantitative estimate of drug-likeness (QED) is 0.710. The van der Waals surface area contributed by atoms with Crippen LogP contribution in [-0.4, -0.2) is 53.5 Å². The van der Waals surface area contributed by atoms with E-state index in [0.29, 0.717) is 6.54 Å². The zero-order valence-electron chi connectivity index (χ0n) is 15.5. The molecule has 5 nitrogen and oxygen atoms in total. The zero-order chi connectivity index (χ0) is 18.6. The largest absolute Gasteiger partial charge is 0.338 e. The minimum atomic E-state index is 0.0543. The number of benzene rings is 1. The topological polar surface area (TPSA) is 48.5 Å². The van der Waals surface area contributed by atoms with E-state index in [1.807, 2.05) is 11.8 Å². The van der Waals surface area contributed by atoms with Crippen molar-refractivity contribution in [3.8, 4) is 0 Å². The molecule has 4 rings (SSSR count). The van der Waals surface area contributed by atoms with Crippen molar-refractivity contribution in [2.24, 2.45) is 0 Å². The van der Waals surface area contributed by atoms with Gasteiger partial charge in [-0.15, -0.1) is 22.7 Å². The average molecular weight is 401 g/mol. The zero-order valence-corrected chi connectivity index (χ0v) is 17.1. The second-order valence-corrected chi connectivity index (χ2v) is 8.83. The molecule has 0 saturated carbocycles. The Morgan fingerprint density at radius 1 is 1.15 bits per heavy atom. The molecule has 2 amide bonds. The molecule has 1 N–H and O–H groups in total. The van der Waals surface area contributed by atoms with E-state index >= 15 is 0 Å². The molecular formula is C20H24N4OS2. The number of nitrogens with zero attached hydrogens (tertiary/aromatic N) is 3. The monoisotopic (exact) mass is 400 g/mol. The Kier molecular flexibility index (Phi) is 5.71. The summed E-state index contributed by atoms with van der Waals surface area (Å²) < 4.78 is 1.31. The number of thiophene rings is 1. The van der Waals surface area contributed by atoms with E-state index in [1.54, 1.807) is 22.7 Å². The van der Waals surface area contributed by atoms with Crippen LogP contribution in [0.2, 0.25) is 0 Å². The number of fused-ring (bicyclic) bond motifs is 1. The SMILES string of the molecule is Cc1nc(CN2CCN(C(=O)NCCc3csc4ccccc34)CC2)cs1. The lowest BCUT2D eigenvalue weighted by Gasteiger charge is -2.34. The van der Waals surface area contributed by atoms with Crippen molar-refractivity contribution in [2.75, 3.05) is 32.7 Å². The van der Waals surface area contributed by atoms with Crippen LogP contribution in [0, 0.1) is 6.92 Å². The first-order chi connectivity index (χ1) is 13.2. The van der Waals surface area contributed by atoms with Gasteiger partial charge >= 0.3 is 6.03 Å². The fraction of sp³-hybridized carbons (Fsp3) is 0.400. The molecule has 0 radical (unpaired) electrons. The Morgan fingerprint density at radius 3 is 2.74 bits per heavy atom. The fourth-order valence-electron chi connectivity index (χ4n) is 3.46. The summed E-state index contributed by atoms with van der Waals surface area (Å²) in [5.41, 5.74) is 2.46. The molecule has 0 unspecified atom stereocenters. The van der Waals surface area contributed by atoms with Crippen molar-refractivity contribution in [3.63, 3.8) is 0 Å². The molecular weight excluding hydrogens is 376 g/mol. The number of aryl methyl sites for hydroxylation is 1. The third-order valence-corrected chi connectivity index (χ3v) is 6.78. The number of hydrogen-bond acceptors (Lipinski definition) is 5. The lowest BCUT2D eigenvalue weighted by molar-refractivity contribution is 0.134. The maximum atomic E-state index is 12.4. The third kappa shape index (κ3) is 4.48. The van der Waals surface area contributed by atoms with Gasteiger partial charge in [-0.25, -0.2) is 9.78 Å². The van der Waals surface area contributed by atoms with Crippen LogP contribution >= 0.6 is 22.7 Å². The smallest absolute Gasteiger partial charge is 0.317 e. The van der Waals surface area contributed by atoms with E-state index in [2.05, 4.69) is 50.2 Å². The molecule has 0 bridgehead atoms. The molecule has 1 aliphatic rings. The van der Waals surface area contributed by atoms with E-state index in [1.165, 1.54) is 15.6 Å². The highest BCUT2D eigenvalue weighted by Crippen LogP contribution is 2.25. The van der Waals surface area contributed by atoms with Crippen LogP contribution in [0.15, 0.2) is 35.0 Å². The molecule has 3 aromatic rings. The second-order valence-electron chi connectivity index (χ2n) is 6.86. The first-order valence-electron chi connectivity index (χ1n) is 9.30. The van der Waals surface area contributed by atoms with Crippen LogP contribution in [0.3, 0.4) is 0 Å². The molecule has 142 valence electrons. The maximum absolute atomic E-state index is 12.4. The highest BCUT2D eigenvalue weighted by atomic mass is 32.1. The van der Waals surface area contributed by atoms with Crippen LogP contribution in [0.5, 0.6) is 0 Å². The lowest BCUT2D eigenvalue weighted by atomic mass is 10.1. The summed E-state index contributed by atoms with van der Waals surface area (Å²) in [4.78, 5) is 21.3. The van der Waals surface area contributed by atoms with Crippen molar-refractivity contribution in [3.05, 3.63) is 51.3 Å². The van der Waals surface area contributed by atoms with Crippen LogP contribution in [-0.2, 0) is 13.0 Å². The molecule has 7 heteroatoms. The molecule has 0 aliphatic carbocycles. The first kappa shape index (κ1) is 18.4. The van der Waals surface area contributed by atoms with Crippen LogP contribution in [0.4, 0.5) is 4.79 Å². The maximum Gasteiger partial charge on any atom is 0.317 e. The molecule has 1 aliphatic heterocycles. The van der Waals surface area contributed by atoms with Gasteiger partial charge < -0.3 is 10.2 Å². The molecule has 1 saturated heterocycles. The summed E-state index contributed by atoms with van der Waals surface area (Å²) in [5.74, 6) is 0. The molecule has 3 heterocycles. The summed E-state index contributed by atoms with van der Waals surface area (Å²) in [7, 11) is 0. The highest BCUT2D eigenvalue weighted by Gasteiger charge is 2.21. The van der Waals surface area contributed by atoms with Crippen LogP contribution < -0.4 is 5.32 Å². The van der Waals surface area contributed by atoms with Gasteiger partial charge in [0, 0.05) is 49.3 Å². The van der Waals surface area contributed by atoms with Crippen molar-refractivity contribution < 1.29 is 4.79 Å². The Balaban J connectivity index is 1.21. The number of piperazine rings is 1. The van der Waals surface area contributed by atoms with E-state index in [4.69, 9.17) is 0 Å². The second kappa shape index (κ2) is 8.37. The highest BCUT2D eigenvalue weighted by molar-refractivity contribution is 7.17. The van der Waals surface area contributed by atoms with Crippen molar-refractivity contribution >= 4 is 38.8 Å². The summed E-state index contributed by atoms with van der Waals surface area (Å²) in [6.45, 7) is 6.95. The van der Waals surface area contributed by atoms with Crippen molar-refractivity contribution in [1.82, 2.24) is 20.1 Å². The third-order valence-electron chi connectivity index (χ3n) is 4.94. The summed E-state index contributed by atoms with van der Waals surface area (Å²) >= 11 is 3.47. The Labute approximate surface area is 167 Å². The minimum absolute atomic E-state index is 0.0543. The molecule has 1 aromatic carbocycles. The van der Waals surface area contributed by atoms with Crippen molar-refractivity contribution in [1.29, 1.82) is 0 Å². The molecule has 1 fully saturated rings. The van der Waals surface area contributed by atoms with E-state index in [-0.39, 0.29) is 6.03 Å². The van der Waals surface area contributed by atoms with Crippen molar-refractivity contribution in [2.45, 2.75) is 19.9 Å². The number of carbonyl (C=O) groups is 1. The van der Waals surface area contributed by atoms with Gasteiger partial charge in [0.15, 0.2) is 0 Å². The van der Waals surface area contributed by atoms with Gasteiger partial charge in [-0.2, -0.15) is 0 Å². The predicted octanol–water partition coefficient (Wildman–Crippen LogP) is 3.74. The summed E-state index contributed by atoms with van der Waals surface area (Å²) in [5, 5.41) is 9.84. The predicted molar refractivity (Wildman–Crippen MR) is 113 cm³/mol. The Morgan fingerprint density at radius 2 is 1.96 bits per heavy atom. The molecule has 0 spiro atoms. The van der Waals surface area contributed by atoms with Gasteiger partial charge in [0.1, 0.15) is 0 Å². The van der Waals surface area contributed by atoms with Gasteiger partial charge in [-0.1, -0.05) is 18.2 Å². The van der Waals surface area contributed by atoms with Crippen LogP contribution in [0.25, 0.3) is 10.1 Å². The van der Waals surface area contributed by atoms with Gasteiger partial charge in [-0.3, -0.25) is 4.90 Å². The minimum Gasteiger partial charge on any atom is -0.338 e. The van der Waals surface area contributed by atoms with E-state index in [0.717, 1.165) is 49.8 Å².